The van der Waals surface area contributed by atoms with Gasteiger partial charge in [-0.2, -0.15) is 0 Å². The molecule has 1 aliphatic rings. The van der Waals surface area contributed by atoms with Crippen molar-refractivity contribution in [2.24, 2.45) is 4.99 Å². The van der Waals surface area contributed by atoms with E-state index in [9.17, 15) is 14.7 Å². The lowest BCUT2D eigenvalue weighted by molar-refractivity contribution is -0.137. The third-order valence-electron chi connectivity index (χ3n) is 4.30. The zero-order valence-corrected chi connectivity index (χ0v) is 15.8. The predicted octanol–water partition coefficient (Wildman–Crippen LogP) is 2.30. The van der Waals surface area contributed by atoms with E-state index in [0.29, 0.717) is 39.1 Å². The largest absolute Gasteiger partial charge is 0.493 e. The first-order valence-electron chi connectivity index (χ1n) is 8.28. The number of fused-ring (bicyclic) bond motifs is 1. The van der Waals surface area contributed by atoms with E-state index in [2.05, 4.69) is 4.99 Å². The van der Waals surface area contributed by atoms with E-state index in [1.54, 1.807) is 4.57 Å². The van der Waals surface area contributed by atoms with Crippen molar-refractivity contribution in [2.45, 2.75) is 39.2 Å². The summed E-state index contributed by atoms with van der Waals surface area (Å²) in [5.41, 5.74) is 1.30. The monoisotopic (exact) mass is 390 g/mol. The number of carboxylic acids is 1. The molecule has 136 valence electrons. The number of carbonyl (C=O) groups is 2. The van der Waals surface area contributed by atoms with Gasteiger partial charge in [0.1, 0.15) is 4.88 Å². The highest BCUT2D eigenvalue weighted by Crippen LogP contribution is 2.32. The van der Waals surface area contributed by atoms with Crippen LogP contribution >= 0.6 is 23.6 Å². The minimum atomic E-state index is -0.809. The number of aromatic nitrogens is 1. The first kappa shape index (κ1) is 18.5. The van der Waals surface area contributed by atoms with Gasteiger partial charge < -0.3 is 10.2 Å². The maximum Gasteiger partial charge on any atom is 0.303 e. The number of carbonyl (C=O) groups excluding carboxylic acids is 1. The van der Waals surface area contributed by atoms with Crippen LogP contribution in [-0.2, 0) is 16.1 Å². The Morgan fingerprint density at radius 2 is 2.08 bits per heavy atom. The van der Waals surface area contributed by atoms with Crippen molar-refractivity contribution in [3.63, 3.8) is 0 Å². The maximum atomic E-state index is 12.4. The number of aliphatic carboxylic acids is 1. The molecule has 0 aliphatic carbocycles. The molecule has 0 radical (unpaired) electrons. The van der Waals surface area contributed by atoms with Crippen molar-refractivity contribution in [3.05, 3.63) is 43.2 Å². The number of benzene rings is 1. The van der Waals surface area contributed by atoms with Gasteiger partial charge in [-0.15, -0.1) is 11.3 Å². The van der Waals surface area contributed by atoms with Crippen molar-refractivity contribution >= 4 is 41.0 Å². The van der Waals surface area contributed by atoms with Gasteiger partial charge in [-0.1, -0.05) is 24.6 Å². The summed E-state index contributed by atoms with van der Waals surface area (Å²) in [5.74, 6) is -1.20. The number of hydrogen-bond donors (Lipinski definition) is 2. The molecule has 2 N–H and O–H groups in total. The van der Waals surface area contributed by atoms with Gasteiger partial charge in [-0.25, -0.2) is 4.99 Å². The van der Waals surface area contributed by atoms with Crippen LogP contribution in [0.2, 0.25) is 0 Å². The quantitative estimate of drug-likeness (QED) is 0.559. The summed E-state index contributed by atoms with van der Waals surface area (Å²) in [6.07, 6.45) is 2.15. The SMILES string of the molecule is Cc1cccc2c1=NC(=O)C=2c1sc(=S)n(CCCCCC(=O)O)c1O. The molecule has 6 nitrogen and oxygen atoms in total. The Bertz CT molecular complexity index is 1070. The molecule has 0 saturated heterocycles. The average molecular weight is 390 g/mol. The summed E-state index contributed by atoms with van der Waals surface area (Å²) in [5, 5.41) is 20.7. The van der Waals surface area contributed by atoms with E-state index in [1.807, 2.05) is 25.1 Å². The number of hydrogen-bond acceptors (Lipinski definition) is 5. The van der Waals surface area contributed by atoms with Crippen molar-refractivity contribution in [1.29, 1.82) is 0 Å². The Morgan fingerprint density at radius 1 is 1.31 bits per heavy atom. The molecule has 2 heterocycles. The third-order valence-corrected chi connectivity index (χ3v) is 5.76. The number of aromatic hydroxyl groups is 1. The number of para-hydroxylation sites is 1. The van der Waals surface area contributed by atoms with Gasteiger partial charge in [-0.3, -0.25) is 14.2 Å². The van der Waals surface area contributed by atoms with E-state index < -0.39 is 5.97 Å². The van der Waals surface area contributed by atoms with Gasteiger partial charge in [0.2, 0.25) is 5.88 Å². The normalized spacial score (nSPS) is 13.0. The first-order chi connectivity index (χ1) is 12.4. The molecular weight excluding hydrogens is 372 g/mol. The molecule has 8 heteroatoms. The standard InChI is InChI=1S/C18H18N2O4S2/c1-10-6-5-7-11-13(16(23)19-14(10)11)15-17(24)20(18(25)26-15)9-4-2-3-8-12(21)22/h5-7,24H,2-4,8-9H2,1H3,(H,21,22). The number of unbranched alkanes of at least 4 members (excludes halogenated alkanes) is 2. The van der Waals surface area contributed by atoms with E-state index in [-0.39, 0.29) is 18.2 Å². The molecule has 0 atom stereocenters. The van der Waals surface area contributed by atoms with Crippen LogP contribution in [0.3, 0.4) is 0 Å². The van der Waals surface area contributed by atoms with Gasteiger partial charge in [0.25, 0.3) is 5.91 Å². The van der Waals surface area contributed by atoms with E-state index >= 15 is 0 Å². The van der Waals surface area contributed by atoms with E-state index in [1.165, 1.54) is 11.3 Å². The minimum Gasteiger partial charge on any atom is -0.493 e. The smallest absolute Gasteiger partial charge is 0.303 e. The van der Waals surface area contributed by atoms with Crippen LogP contribution in [0, 0.1) is 10.9 Å². The molecule has 1 aromatic carbocycles. The lowest BCUT2D eigenvalue weighted by atomic mass is 10.1. The Balaban J connectivity index is 1.91. The molecule has 0 saturated carbocycles. The van der Waals surface area contributed by atoms with Crippen molar-refractivity contribution in [1.82, 2.24) is 4.57 Å². The predicted molar refractivity (Wildman–Crippen MR) is 100 cm³/mol. The highest BCUT2D eigenvalue weighted by atomic mass is 32.1. The highest BCUT2D eigenvalue weighted by Gasteiger charge is 2.25. The average Bonchev–Trinajstić information content (AvgIpc) is 3.05. The lowest BCUT2D eigenvalue weighted by Crippen LogP contribution is -2.25. The summed E-state index contributed by atoms with van der Waals surface area (Å²) in [4.78, 5) is 27.5. The summed E-state index contributed by atoms with van der Waals surface area (Å²) in [6, 6.07) is 5.57. The van der Waals surface area contributed by atoms with E-state index in [0.717, 1.165) is 17.2 Å². The van der Waals surface area contributed by atoms with Crippen LogP contribution in [0.5, 0.6) is 5.88 Å². The van der Waals surface area contributed by atoms with Gasteiger partial charge in [0, 0.05) is 18.2 Å². The lowest BCUT2D eigenvalue weighted by Gasteiger charge is -2.05. The van der Waals surface area contributed by atoms with Gasteiger partial charge in [-0.05, 0) is 37.5 Å². The number of aryl methyl sites for hydroxylation is 1. The molecule has 1 amide bonds. The summed E-state index contributed by atoms with van der Waals surface area (Å²) < 4.78 is 2.08. The Kier molecular flexibility index (Phi) is 5.33. The van der Waals surface area contributed by atoms with Crippen molar-refractivity contribution in [3.8, 4) is 5.88 Å². The molecule has 1 aliphatic heterocycles. The number of amides is 1. The second kappa shape index (κ2) is 7.51. The van der Waals surface area contributed by atoms with Crippen LogP contribution in [0.4, 0.5) is 0 Å². The van der Waals surface area contributed by atoms with Crippen molar-refractivity contribution < 1.29 is 19.8 Å². The van der Waals surface area contributed by atoms with Crippen molar-refractivity contribution in [2.75, 3.05) is 0 Å². The number of thiazole rings is 1. The van der Waals surface area contributed by atoms with Crippen LogP contribution in [0.25, 0.3) is 5.57 Å². The molecule has 0 spiro atoms. The molecule has 0 fully saturated rings. The van der Waals surface area contributed by atoms with E-state index in [4.69, 9.17) is 17.3 Å². The Morgan fingerprint density at radius 3 is 2.81 bits per heavy atom. The first-order valence-corrected chi connectivity index (χ1v) is 9.50. The minimum absolute atomic E-state index is 0.0221. The molecular formula is C18H18N2O4S2. The highest BCUT2D eigenvalue weighted by molar-refractivity contribution is 7.73. The summed E-state index contributed by atoms with van der Waals surface area (Å²) in [7, 11) is 0. The van der Waals surface area contributed by atoms with Gasteiger partial charge in [0.05, 0.1) is 10.9 Å². The fourth-order valence-electron chi connectivity index (χ4n) is 2.98. The molecule has 1 aromatic heterocycles. The van der Waals surface area contributed by atoms with Crippen LogP contribution in [0.1, 0.15) is 36.1 Å². The number of carboxylic acid groups (broad SMARTS) is 1. The second-order valence-corrected chi connectivity index (χ2v) is 7.78. The number of nitrogens with zero attached hydrogens (tertiary/aromatic N) is 2. The van der Waals surface area contributed by atoms with Crippen LogP contribution in [-0.4, -0.2) is 26.7 Å². The molecule has 2 aromatic rings. The molecule has 0 unspecified atom stereocenters. The zero-order valence-electron chi connectivity index (χ0n) is 14.2. The zero-order chi connectivity index (χ0) is 18.8. The van der Waals surface area contributed by atoms with Crippen LogP contribution in [0.15, 0.2) is 23.2 Å². The van der Waals surface area contributed by atoms with Gasteiger partial charge >= 0.3 is 5.97 Å². The summed E-state index contributed by atoms with van der Waals surface area (Å²) in [6.45, 7) is 2.38. The van der Waals surface area contributed by atoms with Crippen LogP contribution < -0.4 is 10.6 Å². The number of rotatable bonds is 7. The molecule has 3 rings (SSSR count). The Labute approximate surface area is 158 Å². The molecule has 0 bridgehead atoms. The fraction of sp³-hybridized carbons (Fsp3) is 0.333. The van der Waals surface area contributed by atoms with Gasteiger partial charge in [0.15, 0.2) is 3.95 Å². The maximum absolute atomic E-state index is 12.4. The second-order valence-electron chi connectivity index (χ2n) is 6.14. The molecule has 26 heavy (non-hydrogen) atoms. The third kappa shape index (κ3) is 3.47. The fourth-order valence-corrected chi connectivity index (χ4v) is 4.37. The Hall–Kier alpha value is -2.32. The summed E-state index contributed by atoms with van der Waals surface area (Å²) >= 11 is 6.55. The topological polar surface area (TPSA) is 91.9 Å².